The van der Waals surface area contributed by atoms with Gasteiger partial charge in [-0.1, -0.05) is 78.3 Å². The highest BCUT2D eigenvalue weighted by Gasteiger charge is 2.48. The smallest absolute Gasteiger partial charge is 0.186 e. The van der Waals surface area contributed by atoms with E-state index in [1.54, 1.807) is 19.5 Å². The highest BCUT2D eigenvalue weighted by Crippen LogP contribution is 2.31. The summed E-state index contributed by atoms with van der Waals surface area (Å²) in [5.74, 6) is 0. The van der Waals surface area contributed by atoms with Gasteiger partial charge in [0.25, 0.3) is 0 Å². The van der Waals surface area contributed by atoms with Crippen molar-refractivity contribution in [2.75, 3.05) is 26.9 Å². The molecular formula is C32H40N4O6. The Morgan fingerprint density at radius 1 is 0.786 bits per heavy atom. The fourth-order valence-corrected chi connectivity index (χ4v) is 4.79. The summed E-state index contributed by atoms with van der Waals surface area (Å²) in [4.78, 5) is 7.02. The Balaban J connectivity index is 1.51. The molecule has 5 atom stereocenters. The molecule has 2 heterocycles. The molecule has 224 valence electrons. The van der Waals surface area contributed by atoms with Gasteiger partial charge < -0.3 is 28.4 Å². The molecule has 0 N–H and O–H groups in total. The lowest BCUT2D eigenvalue weighted by Crippen LogP contribution is -2.61. The molecule has 10 nitrogen and oxygen atoms in total. The van der Waals surface area contributed by atoms with Crippen molar-refractivity contribution in [2.45, 2.75) is 69.8 Å². The first kappa shape index (κ1) is 31.6. The fourth-order valence-electron chi connectivity index (χ4n) is 4.79. The van der Waals surface area contributed by atoms with Crippen molar-refractivity contribution in [1.29, 1.82) is 0 Å². The number of unbranched alkanes of at least 4 members (excludes halogenated alkanes) is 2. The van der Waals surface area contributed by atoms with Gasteiger partial charge in [-0.15, -0.1) is 0 Å². The maximum absolute atomic E-state index is 8.44. The van der Waals surface area contributed by atoms with Gasteiger partial charge in [0.1, 0.15) is 24.4 Å². The maximum atomic E-state index is 8.44. The third kappa shape index (κ3) is 10.2. The average molecular weight is 577 g/mol. The first-order valence-corrected chi connectivity index (χ1v) is 14.4. The standard InChI is InChI=1S/C32H40N4O6/c1-37-32-31(41-22-26-14-7-3-8-15-26)30(40-21-25-12-5-2-6-13-25)29(39-23-27-16-11-17-34-20-27)28(42-32)24-38-19-10-4-9-18-35-36-33/h2-3,5-8,11-17,20,28-32H,4,9-10,18-19,21-24H2,1H3/t28-,29-,30+,31-,32-/m1/s1. The summed E-state index contributed by atoms with van der Waals surface area (Å²) in [7, 11) is 1.61. The zero-order valence-corrected chi connectivity index (χ0v) is 24.1. The van der Waals surface area contributed by atoms with Crippen LogP contribution in [-0.2, 0) is 48.2 Å². The molecule has 10 heteroatoms. The molecule has 0 spiro atoms. The Kier molecular flexibility index (Phi) is 13.7. The average Bonchev–Trinajstić information content (AvgIpc) is 3.04. The summed E-state index contributed by atoms with van der Waals surface area (Å²) in [6, 6.07) is 23.9. The molecule has 1 saturated heterocycles. The first-order chi connectivity index (χ1) is 20.8. The number of ether oxygens (including phenoxy) is 6. The van der Waals surface area contributed by atoms with Crippen molar-refractivity contribution >= 4 is 0 Å². The summed E-state index contributed by atoms with van der Waals surface area (Å²) >= 11 is 0. The number of aromatic nitrogens is 1. The van der Waals surface area contributed by atoms with Gasteiger partial charge in [0.05, 0.1) is 26.4 Å². The van der Waals surface area contributed by atoms with Gasteiger partial charge >= 0.3 is 0 Å². The first-order valence-electron chi connectivity index (χ1n) is 14.4. The van der Waals surface area contributed by atoms with Crippen LogP contribution in [-0.4, -0.2) is 62.6 Å². The van der Waals surface area contributed by atoms with Gasteiger partial charge in [-0.05, 0) is 41.1 Å². The van der Waals surface area contributed by atoms with E-state index in [1.807, 2.05) is 72.8 Å². The van der Waals surface area contributed by atoms with E-state index in [2.05, 4.69) is 15.0 Å². The highest BCUT2D eigenvalue weighted by molar-refractivity contribution is 5.15. The third-order valence-electron chi connectivity index (χ3n) is 6.95. The molecule has 3 aromatic rings. The van der Waals surface area contributed by atoms with Gasteiger partial charge in [0, 0.05) is 37.6 Å². The van der Waals surface area contributed by atoms with Crippen molar-refractivity contribution in [3.05, 3.63) is 112 Å². The van der Waals surface area contributed by atoms with E-state index in [1.165, 1.54) is 0 Å². The van der Waals surface area contributed by atoms with Gasteiger partial charge in [-0.25, -0.2) is 0 Å². The number of pyridine rings is 1. The van der Waals surface area contributed by atoms with Gasteiger partial charge in [-0.3, -0.25) is 4.98 Å². The van der Waals surface area contributed by atoms with Crippen LogP contribution in [0.4, 0.5) is 0 Å². The Morgan fingerprint density at radius 3 is 2.07 bits per heavy atom. The Hall–Kier alpha value is -3.34. The minimum atomic E-state index is -0.690. The van der Waals surface area contributed by atoms with Crippen LogP contribution in [0, 0.1) is 0 Å². The number of benzene rings is 2. The van der Waals surface area contributed by atoms with Crippen molar-refractivity contribution in [2.24, 2.45) is 5.11 Å². The molecule has 0 saturated carbocycles. The van der Waals surface area contributed by atoms with Crippen molar-refractivity contribution in [1.82, 2.24) is 4.98 Å². The van der Waals surface area contributed by atoms with E-state index in [-0.39, 0.29) is 0 Å². The summed E-state index contributed by atoms with van der Waals surface area (Å²) in [5, 5.41) is 3.58. The topological polar surface area (TPSA) is 117 Å². The second kappa shape index (κ2) is 18.3. The Labute approximate surface area is 247 Å². The Morgan fingerprint density at radius 2 is 1.43 bits per heavy atom. The zero-order valence-electron chi connectivity index (χ0n) is 24.1. The number of nitrogens with zero attached hydrogens (tertiary/aromatic N) is 4. The van der Waals surface area contributed by atoms with Gasteiger partial charge in [-0.2, -0.15) is 0 Å². The van der Waals surface area contributed by atoms with Gasteiger partial charge in [0.2, 0.25) is 0 Å². The van der Waals surface area contributed by atoms with E-state index in [4.69, 9.17) is 34.0 Å². The molecule has 0 unspecified atom stereocenters. The number of methoxy groups -OCH3 is 1. The van der Waals surface area contributed by atoms with Crippen LogP contribution in [0.15, 0.2) is 90.3 Å². The lowest BCUT2D eigenvalue weighted by atomic mass is 9.98. The molecule has 2 aromatic carbocycles. The predicted octanol–water partition coefficient (Wildman–Crippen LogP) is 6.01. The van der Waals surface area contributed by atoms with Crippen LogP contribution in [0.5, 0.6) is 0 Å². The fraction of sp³-hybridized carbons (Fsp3) is 0.469. The SMILES string of the molecule is CO[C@@H]1O[C@H](COCCCCCN=[N+]=[N-])[C@@H](OCc2cccnc2)[C@H](OCc2ccccc2)[C@H]1OCc1ccccc1. The van der Waals surface area contributed by atoms with Crippen LogP contribution in [0.3, 0.4) is 0 Å². The lowest BCUT2D eigenvalue weighted by molar-refractivity contribution is -0.323. The molecule has 42 heavy (non-hydrogen) atoms. The normalized spacial score (nSPS) is 22.0. The van der Waals surface area contributed by atoms with Crippen LogP contribution in [0.1, 0.15) is 36.0 Å². The molecule has 0 bridgehead atoms. The van der Waals surface area contributed by atoms with Gasteiger partial charge in [0.15, 0.2) is 6.29 Å². The third-order valence-corrected chi connectivity index (χ3v) is 6.95. The number of hydrogen-bond donors (Lipinski definition) is 0. The van der Waals surface area contributed by atoms with E-state index in [0.717, 1.165) is 36.0 Å². The second-order valence-electron chi connectivity index (χ2n) is 10.0. The molecule has 0 amide bonds. The molecule has 0 radical (unpaired) electrons. The minimum absolute atomic E-state index is 0.296. The Bertz CT molecular complexity index is 1180. The van der Waals surface area contributed by atoms with Crippen molar-refractivity contribution < 1.29 is 28.4 Å². The molecule has 1 aliphatic rings. The number of hydrogen-bond acceptors (Lipinski definition) is 8. The summed E-state index contributed by atoms with van der Waals surface area (Å²) in [6.45, 7) is 2.40. The molecule has 1 fully saturated rings. The minimum Gasteiger partial charge on any atom is -0.379 e. The van der Waals surface area contributed by atoms with Crippen LogP contribution < -0.4 is 0 Å². The summed E-state index contributed by atoms with van der Waals surface area (Å²) < 4.78 is 37.9. The molecule has 1 aromatic heterocycles. The second-order valence-corrected chi connectivity index (χ2v) is 10.0. The summed E-state index contributed by atoms with van der Waals surface area (Å²) in [6.07, 6.45) is 3.36. The van der Waals surface area contributed by atoms with Crippen molar-refractivity contribution in [3.8, 4) is 0 Å². The number of azide groups is 1. The highest BCUT2D eigenvalue weighted by atomic mass is 16.7. The van der Waals surface area contributed by atoms with E-state index in [9.17, 15) is 0 Å². The largest absolute Gasteiger partial charge is 0.379 e. The quantitative estimate of drug-likeness (QED) is 0.0788. The summed E-state index contributed by atoms with van der Waals surface area (Å²) in [5.41, 5.74) is 11.5. The van der Waals surface area contributed by atoms with E-state index in [0.29, 0.717) is 39.6 Å². The van der Waals surface area contributed by atoms with Crippen LogP contribution in [0.25, 0.3) is 10.4 Å². The van der Waals surface area contributed by atoms with Crippen LogP contribution in [0.2, 0.25) is 0 Å². The lowest BCUT2D eigenvalue weighted by Gasteiger charge is -2.45. The van der Waals surface area contributed by atoms with Crippen LogP contribution >= 0.6 is 0 Å². The molecule has 0 aliphatic carbocycles. The molecule has 4 rings (SSSR count). The van der Waals surface area contributed by atoms with E-state index < -0.39 is 30.7 Å². The predicted molar refractivity (Wildman–Crippen MR) is 157 cm³/mol. The maximum Gasteiger partial charge on any atom is 0.186 e. The van der Waals surface area contributed by atoms with E-state index >= 15 is 0 Å². The zero-order chi connectivity index (χ0) is 29.2. The molecular weight excluding hydrogens is 536 g/mol. The van der Waals surface area contributed by atoms with Crippen molar-refractivity contribution in [3.63, 3.8) is 0 Å². The monoisotopic (exact) mass is 576 g/mol. The number of rotatable bonds is 18. The molecule has 1 aliphatic heterocycles.